The third kappa shape index (κ3) is 2.38. The summed E-state index contributed by atoms with van der Waals surface area (Å²) in [5, 5.41) is 7.88. The normalized spacial score (nSPS) is 31.8. The van der Waals surface area contributed by atoms with Crippen LogP contribution in [0.15, 0.2) is 0 Å². The lowest BCUT2D eigenvalue weighted by Crippen LogP contribution is -2.47. The lowest BCUT2D eigenvalue weighted by Gasteiger charge is -2.36. The molecule has 12 heavy (non-hydrogen) atoms. The number of rotatable bonds is 2. The van der Waals surface area contributed by atoms with Crippen molar-refractivity contribution in [3.05, 3.63) is 0 Å². The zero-order valence-electron chi connectivity index (χ0n) is 7.71. The lowest BCUT2D eigenvalue weighted by molar-refractivity contribution is 0.242. The molecular weight excluding hydrogens is 170 g/mol. The maximum Gasteiger partial charge on any atom is 0.105 e. The minimum atomic E-state index is 0.279. The number of amidine groups is 1. The van der Waals surface area contributed by atoms with Crippen LogP contribution in [0.5, 0.6) is 0 Å². The van der Waals surface area contributed by atoms with Gasteiger partial charge in [0.1, 0.15) is 5.84 Å². The molecule has 4 heteroatoms. The quantitative estimate of drug-likeness (QED) is 0.495. The fraction of sp³-hybridized carbons (Fsp3) is 0.875. The zero-order chi connectivity index (χ0) is 9.14. The summed E-state index contributed by atoms with van der Waals surface area (Å²) in [6.45, 7) is 6.14. The molecule has 3 N–H and O–H groups in total. The van der Waals surface area contributed by atoms with E-state index in [1.165, 1.54) is 5.75 Å². The van der Waals surface area contributed by atoms with Gasteiger partial charge in [-0.1, -0.05) is 6.92 Å². The first-order valence-electron chi connectivity index (χ1n) is 4.30. The smallest absolute Gasteiger partial charge is 0.105 e. The molecule has 0 aromatic carbocycles. The van der Waals surface area contributed by atoms with Gasteiger partial charge in [0.15, 0.2) is 0 Å². The third-order valence-corrected chi connectivity index (χ3v) is 3.73. The Kier molecular flexibility index (Phi) is 3.40. The second-order valence-corrected chi connectivity index (χ2v) is 4.80. The summed E-state index contributed by atoms with van der Waals surface area (Å²) in [5.41, 5.74) is 5.37. The molecule has 1 fully saturated rings. The van der Waals surface area contributed by atoms with Crippen LogP contribution < -0.4 is 5.73 Å². The Hall–Kier alpha value is -0.220. The van der Waals surface area contributed by atoms with E-state index >= 15 is 0 Å². The van der Waals surface area contributed by atoms with Gasteiger partial charge in [-0.3, -0.25) is 10.3 Å². The van der Waals surface area contributed by atoms with E-state index in [0.717, 1.165) is 6.54 Å². The fourth-order valence-electron chi connectivity index (χ4n) is 1.44. The van der Waals surface area contributed by atoms with E-state index in [9.17, 15) is 0 Å². The van der Waals surface area contributed by atoms with Crippen molar-refractivity contribution < 1.29 is 0 Å². The Morgan fingerprint density at radius 3 is 2.92 bits per heavy atom. The largest absolute Gasteiger partial charge is 0.387 e. The summed E-state index contributed by atoms with van der Waals surface area (Å²) in [5.74, 6) is 1.44. The van der Waals surface area contributed by atoms with Gasteiger partial charge in [0.2, 0.25) is 0 Å². The summed E-state index contributed by atoms with van der Waals surface area (Å²) >= 11 is 2.00. The van der Waals surface area contributed by atoms with Gasteiger partial charge in [-0.2, -0.15) is 11.8 Å². The molecule has 1 aliphatic heterocycles. The van der Waals surface area contributed by atoms with E-state index in [-0.39, 0.29) is 5.84 Å². The van der Waals surface area contributed by atoms with Crippen LogP contribution in [-0.2, 0) is 0 Å². The SMILES string of the molecule is CC1SCCN(CC(=N)N)C1C. The Morgan fingerprint density at radius 2 is 2.33 bits per heavy atom. The molecule has 1 rings (SSSR count). The molecule has 0 radical (unpaired) electrons. The number of thioether (sulfide) groups is 1. The van der Waals surface area contributed by atoms with Crippen LogP contribution in [0.25, 0.3) is 0 Å². The number of nitrogens with two attached hydrogens (primary N) is 1. The lowest BCUT2D eigenvalue weighted by atomic mass is 10.2. The highest BCUT2D eigenvalue weighted by Crippen LogP contribution is 2.23. The van der Waals surface area contributed by atoms with E-state index in [1.54, 1.807) is 0 Å². The molecule has 2 unspecified atom stereocenters. The zero-order valence-corrected chi connectivity index (χ0v) is 8.53. The van der Waals surface area contributed by atoms with Crippen LogP contribution in [-0.4, -0.2) is 40.9 Å². The molecule has 0 aromatic rings. The Morgan fingerprint density at radius 1 is 1.67 bits per heavy atom. The van der Waals surface area contributed by atoms with E-state index in [0.29, 0.717) is 17.8 Å². The van der Waals surface area contributed by atoms with Crippen molar-refractivity contribution in [2.75, 3.05) is 18.8 Å². The Balaban J connectivity index is 2.46. The summed E-state index contributed by atoms with van der Waals surface area (Å²) < 4.78 is 0. The molecule has 70 valence electrons. The van der Waals surface area contributed by atoms with Crippen molar-refractivity contribution in [3.63, 3.8) is 0 Å². The van der Waals surface area contributed by atoms with Crippen LogP contribution in [0.4, 0.5) is 0 Å². The summed E-state index contributed by atoms with van der Waals surface area (Å²) in [6, 6.07) is 0.549. The Labute approximate surface area is 78.2 Å². The highest BCUT2D eigenvalue weighted by Gasteiger charge is 2.24. The number of hydrogen-bond acceptors (Lipinski definition) is 3. The molecule has 0 saturated carbocycles. The molecule has 0 spiro atoms. The fourth-order valence-corrected chi connectivity index (χ4v) is 2.60. The van der Waals surface area contributed by atoms with Gasteiger partial charge in [0.25, 0.3) is 0 Å². The molecule has 1 saturated heterocycles. The molecule has 0 amide bonds. The molecule has 0 aromatic heterocycles. The van der Waals surface area contributed by atoms with E-state index in [1.807, 2.05) is 11.8 Å². The first-order chi connectivity index (χ1) is 5.61. The second kappa shape index (κ2) is 4.14. The maximum atomic E-state index is 7.22. The standard InChI is InChI=1S/C8H17N3S/c1-6-7(2)12-4-3-11(6)5-8(9)10/h6-7H,3-5H2,1-2H3,(H3,9,10). The van der Waals surface area contributed by atoms with Crippen molar-refractivity contribution >= 4 is 17.6 Å². The van der Waals surface area contributed by atoms with Crippen molar-refractivity contribution in [1.82, 2.24) is 4.90 Å². The van der Waals surface area contributed by atoms with Crippen LogP contribution in [0.1, 0.15) is 13.8 Å². The average molecular weight is 187 g/mol. The number of hydrogen-bond donors (Lipinski definition) is 2. The molecule has 0 aliphatic carbocycles. The summed E-state index contributed by atoms with van der Waals surface area (Å²) in [7, 11) is 0. The second-order valence-electron chi connectivity index (χ2n) is 3.31. The third-order valence-electron chi connectivity index (χ3n) is 2.39. The molecule has 1 aliphatic rings. The van der Waals surface area contributed by atoms with Crippen LogP contribution in [0, 0.1) is 5.41 Å². The van der Waals surface area contributed by atoms with Gasteiger partial charge >= 0.3 is 0 Å². The highest BCUT2D eigenvalue weighted by atomic mass is 32.2. The van der Waals surface area contributed by atoms with Crippen LogP contribution >= 0.6 is 11.8 Å². The average Bonchev–Trinajstić information content (AvgIpc) is 1.98. The number of nitrogens with one attached hydrogen (secondary N) is 1. The molecule has 3 nitrogen and oxygen atoms in total. The van der Waals surface area contributed by atoms with Crippen molar-refractivity contribution in [2.45, 2.75) is 25.1 Å². The van der Waals surface area contributed by atoms with Gasteiger partial charge in [0.05, 0.1) is 6.54 Å². The summed E-state index contributed by atoms with van der Waals surface area (Å²) in [6.07, 6.45) is 0. The van der Waals surface area contributed by atoms with Crippen LogP contribution in [0.3, 0.4) is 0 Å². The first-order valence-corrected chi connectivity index (χ1v) is 5.34. The number of nitrogens with zero attached hydrogens (tertiary/aromatic N) is 1. The maximum absolute atomic E-state index is 7.22. The highest BCUT2D eigenvalue weighted by molar-refractivity contribution is 8.00. The molecule has 2 atom stereocenters. The predicted molar refractivity (Wildman–Crippen MR) is 54.9 cm³/mol. The van der Waals surface area contributed by atoms with Gasteiger partial charge in [-0.05, 0) is 6.92 Å². The first kappa shape index (κ1) is 9.86. The molecule has 1 heterocycles. The summed E-state index contributed by atoms with van der Waals surface area (Å²) in [4.78, 5) is 2.28. The van der Waals surface area contributed by atoms with Crippen molar-refractivity contribution in [3.8, 4) is 0 Å². The van der Waals surface area contributed by atoms with Crippen molar-refractivity contribution in [2.24, 2.45) is 5.73 Å². The monoisotopic (exact) mass is 187 g/mol. The Bertz CT molecular complexity index is 172. The van der Waals surface area contributed by atoms with Gasteiger partial charge < -0.3 is 5.73 Å². The predicted octanol–water partition coefficient (Wildman–Crippen LogP) is 0.748. The molecule has 0 bridgehead atoms. The minimum absolute atomic E-state index is 0.279. The molecular formula is C8H17N3S. The van der Waals surface area contributed by atoms with Gasteiger partial charge in [0, 0.05) is 23.6 Å². The van der Waals surface area contributed by atoms with E-state index in [4.69, 9.17) is 11.1 Å². The van der Waals surface area contributed by atoms with E-state index < -0.39 is 0 Å². The van der Waals surface area contributed by atoms with Crippen molar-refractivity contribution in [1.29, 1.82) is 5.41 Å². The van der Waals surface area contributed by atoms with E-state index in [2.05, 4.69) is 18.7 Å². The minimum Gasteiger partial charge on any atom is -0.387 e. The van der Waals surface area contributed by atoms with Gasteiger partial charge in [-0.15, -0.1) is 0 Å². The van der Waals surface area contributed by atoms with Gasteiger partial charge in [-0.25, -0.2) is 0 Å². The topological polar surface area (TPSA) is 53.1 Å². The van der Waals surface area contributed by atoms with Crippen LogP contribution in [0.2, 0.25) is 0 Å².